The molecule has 0 N–H and O–H groups in total. The normalized spacial score (nSPS) is 10.6. The van der Waals surface area contributed by atoms with Crippen LogP contribution in [0.25, 0.3) is 22.8 Å². The number of halogens is 1. The van der Waals surface area contributed by atoms with Crippen molar-refractivity contribution in [2.24, 2.45) is 0 Å². The van der Waals surface area contributed by atoms with E-state index >= 15 is 0 Å². The van der Waals surface area contributed by atoms with Gasteiger partial charge in [0.05, 0.1) is 0 Å². The van der Waals surface area contributed by atoms with Crippen LogP contribution < -0.4 is 0 Å². The van der Waals surface area contributed by atoms with E-state index in [0.29, 0.717) is 11.7 Å². The number of aryl methyl sites for hydroxylation is 1. The van der Waals surface area contributed by atoms with Gasteiger partial charge in [0.15, 0.2) is 0 Å². The molecule has 3 aromatic rings. The van der Waals surface area contributed by atoms with Gasteiger partial charge in [-0.15, -0.1) is 0 Å². The molecule has 0 radical (unpaired) electrons. The first-order valence-electron chi connectivity index (χ1n) is 5.89. The van der Waals surface area contributed by atoms with Crippen molar-refractivity contribution >= 4 is 22.6 Å². The molecular formula is C15H11IN2O. The number of benzene rings is 2. The predicted molar refractivity (Wildman–Crippen MR) is 82.6 cm³/mol. The first kappa shape index (κ1) is 12.3. The van der Waals surface area contributed by atoms with Gasteiger partial charge in [-0.1, -0.05) is 35.0 Å². The lowest BCUT2D eigenvalue weighted by molar-refractivity contribution is 0.432. The minimum Gasteiger partial charge on any atom is -0.334 e. The summed E-state index contributed by atoms with van der Waals surface area (Å²) in [4.78, 5) is 4.45. The largest absolute Gasteiger partial charge is 0.334 e. The Bertz CT molecular complexity index is 661. The minimum atomic E-state index is 0.551. The topological polar surface area (TPSA) is 38.9 Å². The second-order valence-corrected chi connectivity index (χ2v) is 5.55. The van der Waals surface area contributed by atoms with Gasteiger partial charge in [0, 0.05) is 14.7 Å². The zero-order valence-electron chi connectivity index (χ0n) is 10.3. The van der Waals surface area contributed by atoms with Gasteiger partial charge in [-0.2, -0.15) is 4.98 Å². The Hall–Kier alpha value is -1.69. The van der Waals surface area contributed by atoms with Crippen LogP contribution in [0.1, 0.15) is 5.56 Å². The Morgan fingerprint density at radius 3 is 2.58 bits per heavy atom. The predicted octanol–water partition coefficient (Wildman–Crippen LogP) is 4.32. The van der Waals surface area contributed by atoms with Crippen LogP contribution in [0.15, 0.2) is 53.1 Å². The molecule has 0 aliphatic heterocycles. The van der Waals surface area contributed by atoms with E-state index in [-0.39, 0.29) is 0 Å². The van der Waals surface area contributed by atoms with Gasteiger partial charge in [0.1, 0.15) is 0 Å². The summed E-state index contributed by atoms with van der Waals surface area (Å²) in [6.45, 7) is 2.05. The second-order valence-electron chi connectivity index (χ2n) is 4.30. The highest BCUT2D eigenvalue weighted by Gasteiger charge is 2.10. The fraction of sp³-hybridized carbons (Fsp3) is 0.0667. The molecule has 1 aromatic heterocycles. The Kier molecular flexibility index (Phi) is 3.33. The molecule has 19 heavy (non-hydrogen) atoms. The zero-order chi connectivity index (χ0) is 13.2. The highest BCUT2D eigenvalue weighted by Crippen LogP contribution is 2.23. The third-order valence-corrected chi connectivity index (χ3v) is 3.44. The molecule has 3 nitrogen and oxygen atoms in total. The summed E-state index contributed by atoms with van der Waals surface area (Å²) in [5.74, 6) is 1.17. The fourth-order valence-corrected chi connectivity index (χ4v) is 2.41. The van der Waals surface area contributed by atoms with Crippen molar-refractivity contribution in [1.29, 1.82) is 0 Å². The van der Waals surface area contributed by atoms with Crippen molar-refractivity contribution in [2.45, 2.75) is 6.92 Å². The van der Waals surface area contributed by atoms with Gasteiger partial charge in [-0.25, -0.2) is 0 Å². The van der Waals surface area contributed by atoms with Crippen molar-refractivity contribution in [3.63, 3.8) is 0 Å². The molecule has 2 aromatic carbocycles. The summed E-state index contributed by atoms with van der Waals surface area (Å²) in [5.41, 5.74) is 3.09. The first-order valence-corrected chi connectivity index (χ1v) is 6.97. The fourth-order valence-electron chi connectivity index (χ4n) is 1.86. The molecule has 3 rings (SSSR count). The molecular weight excluding hydrogens is 351 g/mol. The summed E-state index contributed by atoms with van der Waals surface area (Å²) in [6, 6.07) is 16.1. The van der Waals surface area contributed by atoms with Crippen LogP contribution in [-0.2, 0) is 0 Å². The van der Waals surface area contributed by atoms with E-state index in [1.807, 2.05) is 55.5 Å². The number of nitrogens with zero attached hydrogens (tertiary/aromatic N) is 2. The van der Waals surface area contributed by atoms with E-state index in [9.17, 15) is 0 Å². The molecule has 0 saturated heterocycles. The van der Waals surface area contributed by atoms with Gasteiger partial charge in [0.2, 0.25) is 5.82 Å². The third kappa shape index (κ3) is 2.68. The molecule has 1 heterocycles. The average molecular weight is 362 g/mol. The summed E-state index contributed by atoms with van der Waals surface area (Å²) in [7, 11) is 0. The Morgan fingerprint density at radius 1 is 1.00 bits per heavy atom. The summed E-state index contributed by atoms with van der Waals surface area (Å²) in [5, 5.41) is 4.05. The minimum absolute atomic E-state index is 0.551. The lowest BCUT2D eigenvalue weighted by Crippen LogP contribution is -1.82. The van der Waals surface area contributed by atoms with E-state index in [1.54, 1.807) is 0 Å². The van der Waals surface area contributed by atoms with Crippen LogP contribution in [0.3, 0.4) is 0 Å². The SMILES string of the molecule is Cc1cccc(-c2noc(-c3cccc(I)c3)n2)c1. The van der Waals surface area contributed by atoms with E-state index < -0.39 is 0 Å². The third-order valence-electron chi connectivity index (χ3n) is 2.77. The quantitative estimate of drug-likeness (QED) is 0.638. The standard InChI is InChI=1S/C15H11IN2O/c1-10-4-2-5-11(8-10)14-17-15(19-18-14)12-6-3-7-13(16)9-12/h2-9H,1H3. The molecule has 0 fully saturated rings. The highest BCUT2D eigenvalue weighted by molar-refractivity contribution is 14.1. The van der Waals surface area contributed by atoms with Gasteiger partial charge in [-0.3, -0.25) is 0 Å². The molecule has 94 valence electrons. The van der Waals surface area contributed by atoms with Crippen LogP contribution >= 0.6 is 22.6 Å². The van der Waals surface area contributed by atoms with Crippen LogP contribution in [0.4, 0.5) is 0 Å². The maximum atomic E-state index is 5.34. The molecule has 0 spiro atoms. The molecule has 0 atom stereocenters. The summed E-state index contributed by atoms with van der Waals surface area (Å²) >= 11 is 2.27. The Balaban J connectivity index is 2.00. The van der Waals surface area contributed by atoms with Crippen molar-refractivity contribution in [2.75, 3.05) is 0 Å². The molecule has 0 saturated carbocycles. The van der Waals surface area contributed by atoms with Gasteiger partial charge in [-0.05, 0) is 53.8 Å². The van der Waals surface area contributed by atoms with Crippen molar-refractivity contribution in [3.8, 4) is 22.8 Å². The molecule has 0 bridgehead atoms. The average Bonchev–Trinajstić information content (AvgIpc) is 2.88. The van der Waals surface area contributed by atoms with Crippen molar-refractivity contribution < 1.29 is 4.52 Å². The lowest BCUT2D eigenvalue weighted by atomic mass is 10.1. The summed E-state index contributed by atoms with van der Waals surface area (Å²) in [6.07, 6.45) is 0. The number of rotatable bonds is 2. The maximum absolute atomic E-state index is 5.34. The summed E-state index contributed by atoms with van der Waals surface area (Å²) < 4.78 is 6.48. The number of aromatic nitrogens is 2. The monoisotopic (exact) mass is 362 g/mol. The van der Waals surface area contributed by atoms with Crippen LogP contribution in [0.5, 0.6) is 0 Å². The maximum Gasteiger partial charge on any atom is 0.258 e. The highest BCUT2D eigenvalue weighted by atomic mass is 127. The lowest BCUT2D eigenvalue weighted by Gasteiger charge is -1.96. The molecule has 0 unspecified atom stereocenters. The molecule has 0 aliphatic rings. The van der Waals surface area contributed by atoms with Gasteiger partial charge >= 0.3 is 0 Å². The van der Waals surface area contributed by atoms with Crippen LogP contribution in [0.2, 0.25) is 0 Å². The smallest absolute Gasteiger partial charge is 0.258 e. The molecule has 4 heteroatoms. The second kappa shape index (κ2) is 5.13. The van der Waals surface area contributed by atoms with Gasteiger partial charge in [0.25, 0.3) is 5.89 Å². The van der Waals surface area contributed by atoms with Crippen LogP contribution in [0, 0.1) is 10.5 Å². The van der Waals surface area contributed by atoms with E-state index in [0.717, 1.165) is 14.7 Å². The van der Waals surface area contributed by atoms with Crippen molar-refractivity contribution in [1.82, 2.24) is 10.1 Å². The van der Waals surface area contributed by atoms with Gasteiger partial charge < -0.3 is 4.52 Å². The Morgan fingerprint density at radius 2 is 1.79 bits per heavy atom. The van der Waals surface area contributed by atoms with E-state index in [4.69, 9.17) is 4.52 Å². The number of hydrogen-bond acceptors (Lipinski definition) is 3. The van der Waals surface area contributed by atoms with E-state index in [1.165, 1.54) is 5.56 Å². The molecule has 0 amide bonds. The first-order chi connectivity index (χ1) is 9.22. The number of hydrogen-bond donors (Lipinski definition) is 0. The van der Waals surface area contributed by atoms with Crippen LogP contribution in [-0.4, -0.2) is 10.1 Å². The zero-order valence-corrected chi connectivity index (χ0v) is 12.5. The van der Waals surface area contributed by atoms with Crippen molar-refractivity contribution in [3.05, 3.63) is 57.7 Å². The van der Waals surface area contributed by atoms with E-state index in [2.05, 4.69) is 32.7 Å². The Labute approximate surface area is 124 Å². The molecule has 0 aliphatic carbocycles.